The van der Waals surface area contributed by atoms with Gasteiger partial charge < -0.3 is 20.1 Å². The van der Waals surface area contributed by atoms with Gasteiger partial charge in [-0.15, -0.1) is 0 Å². The van der Waals surface area contributed by atoms with Crippen LogP contribution >= 0.6 is 0 Å². The average Bonchev–Trinajstić information content (AvgIpc) is 2.35. The monoisotopic (exact) mass is 252 g/mol. The number of nitrogens with zero attached hydrogens (tertiary/aromatic N) is 1. The zero-order valence-electron chi connectivity index (χ0n) is 11.6. The first-order chi connectivity index (χ1) is 8.63. The third-order valence-corrected chi connectivity index (χ3v) is 2.94. The summed E-state index contributed by atoms with van der Waals surface area (Å²) < 4.78 is 10.8. The molecule has 18 heavy (non-hydrogen) atoms. The summed E-state index contributed by atoms with van der Waals surface area (Å²) in [5.74, 6) is 0.836. The van der Waals surface area contributed by atoms with Crippen LogP contribution < -0.4 is 10.5 Å². The number of rotatable bonds is 8. The molecule has 0 spiro atoms. The molecule has 0 aliphatic rings. The number of nitrogen functional groups attached to an aromatic ring is 1. The molecule has 1 aromatic rings. The van der Waals surface area contributed by atoms with E-state index in [1.165, 1.54) is 0 Å². The van der Waals surface area contributed by atoms with Crippen LogP contribution in [0.4, 0.5) is 5.69 Å². The molecule has 0 saturated heterocycles. The first kappa shape index (κ1) is 14.8. The van der Waals surface area contributed by atoms with Crippen LogP contribution in [0.5, 0.6) is 5.75 Å². The van der Waals surface area contributed by atoms with Crippen LogP contribution in [0, 0.1) is 0 Å². The molecule has 4 nitrogen and oxygen atoms in total. The number of benzene rings is 1. The lowest BCUT2D eigenvalue weighted by Gasteiger charge is -2.23. The van der Waals surface area contributed by atoms with Gasteiger partial charge >= 0.3 is 0 Å². The van der Waals surface area contributed by atoms with Gasteiger partial charge in [-0.3, -0.25) is 0 Å². The standard InChI is InChI=1S/C14H24N2O2/c1-12(11-17-3)16(2)8-5-9-18-14-7-4-6-13(15)10-14/h4,6-7,10,12H,5,8-9,11,15H2,1-3H3. The Morgan fingerprint density at radius 2 is 2.17 bits per heavy atom. The quantitative estimate of drug-likeness (QED) is 0.568. The summed E-state index contributed by atoms with van der Waals surface area (Å²) in [6.07, 6.45) is 0.985. The van der Waals surface area contributed by atoms with E-state index in [2.05, 4.69) is 18.9 Å². The molecule has 1 atom stereocenters. The highest BCUT2D eigenvalue weighted by Gasteiger charge is 2.07. The van der Waals surface area contributed by atoms with Crippen LogP contribution in [0.3, 0.4) is 0 Å². The predicted molar refractivity (Wildman–Crippen MR) is 74.9 cm³/mol. The molecule has 1 rings (SSSR count). The Labute approximate surface area is 110 Å². The molecule has 0 fully saturated rings. The highest BCUT2D eigenvalue weighted by Crippen LogP contribution is 2.14. The predicted octanol–water partition coefficient (Wildman–Crippen LogP) is 2.00. The van der Waals surface area contributed by atoms with Gasteiger partial charge in [-0.2, -0.15) is 0 Å². The molecule has 0 bridgehead atoms. The Kier molecular flexibility index (Phi) is 6.54. The van der Waals surface area contributed by atoms with Gasteiger partial charge in [0.25, 0.3) is 0 Å². The Morgan fingerprint density at radius 3 is 2.83 bits per heavy atom. The molecule has 2 N–H and O–H groups in total. The summed E-state index contributed by atoms with van der Waals surface area (Å²) in [5.41, 5.74) is 6.42. The van der Waals surface area contributed by atoms with Crippen molar-refractivity contribution in [3.63, 3.8) is 0 Å². The second kappa shape index (κ2) is 7.95. The van der Waals surface area contributed by atoms with E-state index >= 15 is 0 Å². The fourth-order valence-electron chi connectivity index (χ4n) is 1.70. The molecule has 0 amide bonds. The molecule has 0 aliphatic heterocycles. The third-order valence-electron chi connectivity index (χ3n) is 2.94. The van der Waals surface area contributed by atoms with Crippen LogP contribution in [0.25, 0.3) is 0 Å². The van der Waals surface area contributed by atoms with Crippen LogP contribution in [0.2, 0.25) is 0 Å². The first-order valence-corrected chi connectivity index (χ1v) is 6.31. The number of ether oxygens (including phenoxy) is 2. The average molecular weight is 252 g/mol. The number of methoxy groups -OCH3 is 1. The lowest BCUT2D eigenvalue weighted by molar-refractivity contribution is 0.112. The molecule has 102 valence electrons. The van der Waals surface area contributed by atoms with Crippen molar-refractivity contribution < 1.29 is 9.47 Å². The van der Waals surface area contributed by atoms with Gasteiger partial charge in [0.2, 0.25) is 0 Å². The van der Waals surface area contributed by atoms with Crippen molar-refractivity contribution in [2.75, 3.05) is 39.6 Å². The van der Waals surface area contributed by atoms with Gasteiger partial charge in [-0.1, -0.05) is 6.07 Å². The number of anilines is 1. The minimum absolute atomic E-state index is 0.433. The minimum atomic E-state index is 0.433. The van der Waals surface area contributed by atoms with Crippen LogP contribution in [-0.2, 0) is 4.74 Å². The molecule has 0 aliphatic carbocycles. The molecule has 0 heterocycles. The summed E-state index contributed by atoms with van der Waals surface area (Å²) in [5, 5.41) is 0. The first-order valence-electron chi connectivity index (χ1n) is 6.31. The molecular formula is C14H24N2O2. The number of likely N-dealkylation sites (N-methyl/N-ethyl adjacent to an activating group) is 1. The molecule has 0 saturated carbocycles. The Balaban J connectivity index is 2.18. The van der Waals surface area contributed by atoms with E-state index in [1.807, 2.05) is 24.3 Å². The molecule has 1 aromatic carbocycles. The maximum atomic E-state index is 5.68. The van der Waals surface area contributed by atoms with Gasteiger partial charge in [-0.05, 0) is 32.5 Å². The zero-order chi connectivity index (χ0) is 13.4. The van der Waals surface area contributed by atoms with E-state index in [0.29, 0.717) is 12.6 Å². The van der Waals surface area contributed by atoms with E-state index in [9.17, 15) is 0 Å². The largest absolute Gasteiger partial charge is 0.493 e. The summed E-state index contributed by atoms with van der Waals surface area (Å²) >= 11 is 0. The van der Waals surface area contributed by atoms with E-state index in [0.717, 1.165) is 31.0 Å². The Bertz CT molecular complexity index is 344. The van der Waals surface area contributed by atoms with Crippen molar-refractivity contribution >= 4 is 5.69 Å². The number of nitrogens with two attached hydrogens (primary N) is 1. The highest BCUT2D eigenvalue weighted by atomic mass is 16.5. The molecule has 0 aromatic heterocycles. The van der Waals surface area contributed by atoms with Crippen LogP contribution in [-0.4, -0.2) is 44.9 Å². The van der Waals surface area contributed by atoms with E-state index in [4.69, 9.17) is 15.2 Å². The molecule has 0 radical (unpaired) electrons. The summed E-state index contributed by atoms with van der Waals surface area (Å²) in [6.45, 7) is 4.61. The van der Waals surface area contributed by atoms with Crippen molar-refractivity contribution in [2.24, 2.45) is 0 Å². The van der Waals surface area contributed by atoms with Crippen molar-refractivity contribution in [3.8, 4) is 5.75 Å². The normalized spacial score (nSPS) is 12.7. The van der Waals surface area contributed by atoms with Crippen molar-refractivity contribution in [1.29, 1.82) is 0 Å². The van der Waals surface area contributed by atoms with Gasteiger partial charge in [0.15, 0.2) is 0 Å². The lowest BCUT2D eigenvalue weighted by atomic mass is 10.3. The van der Waals surface area contributed by atoms with Gasteiger partial charge in [0, 0.05) is 31.5 Å². The maximum Gasteiger partial charge on any atom is 0.121 e. The molecular weight excluding hydrogens is 228 g/mol. The topological polar surface area (TPSA) is 47.7 Å². The Morgan fingerprint density at radius 1 is 1.39 bits per heavy atom. The van der Waals surface area contributed by atoms with Crippen molar-refractivity contribution in [1.82, 2.24) is 4.90 Å². The number of hydrogen-bond donors (Lipinski definition) is 1. The van der Waals surface area contributed by atoms with Crippen molar-refractivity contribution in [2.45, 2.75) is 19.4 Å². The van der Waals surface area contributed by atoms with Gasteiger partial charge in [-0.25, -0.2) is 0 Å². The summed E-state index contributed by atoms with van der Waals surface area (Å²) in [7, 11) is 3.83. The third kappa shape index (κ3) is 5.38. The highest BCUT2D eigenvalue weighted by molar-refractivity contribution is 5.43. The smallest absolute Gasteiger partial charge is 0.121 e. The van der Waals surface area contributed by atoms with Crippen LogP contribution in [0.1, 0.15) is 13.3 Å². The maximum absolute atomic E-state index is 5.68. The van der Waals surface area contributed by atoms with E-state index < -0.39 is 0 Å². The second-order valence-corrected chi connectivity index (χ2v) is 4.56. The van der Waals surface area contributed by atoms with Crippen molar-refractivity contribution in [3.05, 3.63) is 24.3 Å². The van der Waals surface area contributed by atoms with Crippen LogP contribution in [0.15, 0.2) is 24.3 Å². The Hall–Kier alpha value is -1.26. The SMILES string of the molecule is COCC(C)N(C)CCCOc1cccc(N)c1. The minimum Gasteiger partial charge on any atom is -0.493 e. The van der Waals surface area contributed by atoms with Gasteiger partial charge in [0.1, 0.15) is 5.75 Å². The number of hydrogen-bond acceptors (Lipinski definition) is 4. The molecule has 4 heteroatoms. The fourth-order valence-corrected chi connectivity index (χ4v) is 1.70. The van der Waals surface area contributed by atoms with E-state index in [1.54, 1.807) is 7.11 Å². The van der Waals surface area contributed by atoms with E-state index in [-0.39, 0.29) is 0 Å². The zero-order valence-corrected chi connectivity index (χ0v) is 11.6. The second-order valence-electron chi connectivity index (χ2n) is 4.56. The summed E-state index contributed by atoms with van der Waals surface area (Å²) in [6, 6.07) is 7.96. The van der Waals surface area contributed by atoms with Gasteiger partial charge in [0.05, 0.1) is 13.2 Å². The lowest BCUT2D eigenvalue weighted by Crippen LogP contribution is -2.34. The molecule has 1 unspecified atom stereocenters. The summed E-state index contributed by atoms with van der Waals surface area (Å²) in [4.78, 5) is 2.27. The fraction of sp³-hybridized carbons (Fsp3) is 0.571.